The van der Waals surface area contributed by atoms with Gasteiger partial charge in [0.15, 0.2) is 0 Å². The summed E-state index contributed by atoms with van der Waals surface area (Å²) in [6, 6.07) is 1.06. The van der Waals surface area contributed by atoms with Crippen molar-refractivity contribution >= 4 is 52.5 Å². The van der Waals surface area contributed by atoms with Crippen molar-refractivity contribution in [1.29, 1.82) is 0 Å². The Hall–Kier alpha value is -1.17. The minimum absolute atomic E-state index is 0.158. The number of aliphatic carboxylic acids is 1. The van der Waals surface area contributed by atoms with Gasteiger partial charge >= 0.3 is 12.0 Å². The molecule has 0 saturated heterocycles. The molecule has 0 aromatic heterocycles. The Morgan fingerprint density at radius 1 is 1.22 bits per heavy atom. The quantitative estimate of drug-likeness (QED) is 0.802. The molecule has 5 nitrogen and oxygen atoms in total. The van der Waals surface area contributed by atoms with Crippen LogP contribution in [-0.2, 0) is 4.79 Å². The molecule has 0 heterocycles. The number of carbonyl (C=O) groups is 2. The number of benzene rings is 1. The lowest BCUT2D eigenvalue weighted by Crippen LogP contribution is -2.40. The molecule has 0 aliphatic carbocycles. The predicted octanol–water partition coefficient (Wildman–Crippen LogP) is 3.24. The minimum atomic E-state index is -1.15. The predicted molar refractivity (Wildman–Crippen MR) is 70.7 cm³/mol. The highest BCUT2D eigenvalue weighted by Crippen LogP contribution is 2.33. The number of rotatable bonds is 3. The second-order valence-corrected chi connectivity index (χ2v) is 4.65. The van der Waals surface area contributed by atoms with Crippen molar-refractivity contribution in [3.8, 4) is 0 Å². The molecule has 0 radical (unpaired) electrons. The van der Waals surface area contributed by atoms with Gasteiger partial charge in [-0.2, -0.15) is 0 Å². The molecule has 98 valence electrons. The number of nitrogens with one attached hydrogen (secondary N) is 2. The van der Waals surface area contributed by atoms with E-state index in [1.807, 2.05) is 0 Å². The summed E-state index contributed by atoms with van der Waals surface area (Å²) in [6.45, 7) is 1.33. The second kappa shape index (κ2) is 6.13. The maximum Gasteiger partial charge on any atom is 0.325 e. The average Bonchev–Trinajstić information content (AvgIpc) is 2.23. The van der Waals surface area contributed by atoms with Crippen LogP contribution in [0.4, 0.5) is 10.5 Å². The molecular weight excluding hydrogens is 302 g/mol. The normalized spacial score (nSPS) is 11.8. The summed E-state index contributed by atoms with van der Waals surface area (Å²) in [6.07, 6.45) is 0. The molecule has 1 atom stereocenters. The van der Waals surface area contributed by atoms with Crippen LogP contribution >= 0.6 is 34.8 Å². The fourth-order valence-corrected chi connectivity index (χ4v) is 1.98. The number of amides is 2. The Balaban J connectivity index is 2.80. The van der Waals surface area contributed by atoms with Crippen LogP contribution in [0.5, 0.6) is 0 Å². The maximum atomic E-state index is 11.5. The van der Waals surface area contributed by atoms with E-state index in [1.165, 1.54) is 19.1 Å². The number of hydrogen-bond donors (Lipinski definition) is 3. The highest BCUT2D eigenvalue weighted by molar-refractivity contribution is 6.42. The van der Waals surface area contributed by atoms with Gasteiger partial charge in [0, 0.05) is 5.02 Å². The first-order chi connectivity index (χ1) is 8.31. The van der Waals surface area contributed by atoms with Crippen LogP contribution in [0.3, 0.4) is 0 Å². The topological polar surface area (TPSA) is 78.4 Å². The van der Waals surface area contributed by atoms with Crippen molar-refractivity contribution in [3.63, 3.8) is 0 Å². The van der Waals surface area contributed by atoms with E-state index in [2.05, 4.69) is 10.6 Å². The standard InChI is InChI=1S/C10H9Cl3N2O3/c1-4(9(16)17)14-10(18)15-8-6(12)2-5(11)3-7(8)13/h2-4H,1H3,(H,16,17)(H2,14,15,18)/t4-/m1/s1. The van der Waals surface area contributed by atoms with E-state index in [9.17, 15) is 9.59 Å². The van der Waals surface area contributed by atoms with Crippen LogP contribution in [0.15, 0.2) is 12.1 Å². The van der Waals surface area contributed by atoms with Crippen LogP contribution in [0.1, 0.15) is 6.92 Å². The van der Waals surface area contributed by atoms with Crippen molar-refractivity contribution in [2.45, 2.75) is 13.0 Å². The summed E-state index contributed by atoms with van der Waals surface area (Å²) in [5, 5.41) is 13.8. The summed E-state index contributed by atoms with van der Waals surface area (Å²) >= 11 is 17.4. The maximum absolute atomic E-state index is 11.5. The molecule has 0 saturated carbocycles. The van der Waals surface area contributed by atoms with Crippen molar-refractivity contribution in [3.05, 3.63) is 27.2 Å². The fourth-order valence-electron chi connectivity index (χ4n) is 1.07. The molecule has 0 aliphatic heterocycles. The number of hydrogen-bond acceptors (Lipinski definition) is 2. The van der Waals surface area contributed by atoms with Crippen LogP contribution in [0.2, 0.25) is 15.1 Å². The lowest BCUT2D eigenvalue weighted by Gasteiger charge is -2.13. The Bertz CT molecular complexity index is 470. The third-order valence-electron chi connectivity index (χ3n) is 1.96. The molecule has 1 aromatic rings. The Morgan fingerprint density at radius 3 is 2.17 bits per heavy atom. The van der Waals surface area contributed by atoms with Gasteiger partial charge in [-0.3, -0.25) is 4.79 Å². The smallest absolute Gasteiger partial charge is 0.325 e. The van der Waals surface area contributed by atoms with Gasteiger partial charge in [0.2, 0.25) is 0 Å². The van der Waals surface area contributed by atoms with Gasteiger partial charge in [0.05, 0.1) is 15.7 Å². The van der Waals surface area contributed by atoms with Gasteiger partial charge in [-0.15, -0.1) is 0 Å². The minimum Gasteiger partial charge on any atom is -0.480 e. The molecule has 1 rings (SSSR count). The summed E-state index contributed by atoms with van der Waals surface area (Å²) in [5.74, 6) is -1.15. The van der Waals surface area contributed by atoms with Crippen molar-refractivity contribution in [2.75, 3.05) is 5.32 Å². The molecule has 0 unspecified atom stereocenters. The molecule has 2 amide bonds. The van der Waals surface area contributed by atoms with Crippen LogP contribution < -0.4 is 10.6 Å². The molecule has 8 heteroatoms. The largest absolute Gasteiger partial charge is 0.480 e. The van der Waals surface area contributed by atoms with E-state index in [1.54, 1.807) is 0 Å². The zero-order valence-electron chi connectivity index (χ0n) is 9.13. The highest BCUT2D eigenvalue weighted by atomic mass is 35.5. The van der Waals surface area contributed by atoms with E-state index in [4.69, 9.17) is 39.9 Å². The number of halogens is 3. The van der Waals surface area contributed by atoms with Gasteiger partial charge in [-0.1, -0.05) is 34.8 Å². The fraction of sp³-hybridized carbons (Fsp3) is 0.200. The first kappa shape index (κ1) is 14.9. The highest BCUT2D eigenvalue weighted by Gasteiger charge is 2.16. The zero-order valence-corrected chi connectivity index (χ0v) is 11.4. The van der Waals surface area contributed by atoms with E-state index in [0.29, 0.717) is 5.02 Å². The number of anilines is 1. The molecule has 18 heavy (non-hydrogen) atoms. The van der Waals surface area contributed by atoms with Gasteiger partial charge in [-0.05, 0) is 19.1 Å². The molecule has 3 N–H and O–H groups in total. The van der Waals surface area contributed by atoms with Crippen LogP contribution in [-0.4, -0.2) is 23.1 Å². The Morgan fingerprint density at radius 2 is 1.72 bits per heavy atom. The van der Waals surface area contributed by atoms with Crippen molar-refractivity contribution < 1.29 is 14.7 Å². The average molecular weight is 312 g/mol. The van der Waals surface area contributed by atoms with Crippen LogP contribution in [0.25, 0.3) is 0 Å². The lowest BCUT2D eigenvalue weighted by molar-refractivity contribution is -0.138. The first-order valence-corrected chi connectivity index (χ1v) is 5.89. The van der Waals surface area contributed by atoms with E-state index >= 15 is 0 Å². The molecular formula is C10H9Cl3N2O3. The molecule has 1 aromatic carbocycles. The third-order valence-corrected chi connectivity index (χ3v) is 2.78. The van der Waals surface area contributed by atoms with Gasteiger partial charge in [-0.25, -0.2) is 4.79 Å². The van der Waals surface area contributed by atoms with E-state index in [0.717, 1.165) is 0 Å². The SMILES string of the molecule is C[C@@H](NC(=O)Nc1c(Cl)cc(Cl)cc1Cl)C(=O)O. The summed E-state index contributed by atoms with van der Waals surface area (Å²) in [5.41, 5.74) is 0.165. The van der Waals surface area contributed by atoms with Crippen molar-refractivity contribution in [1.82, 2.24) is 5.32 Å². The molecule has 0 fully saturated rings. The lowest BCUT2D eigenvalue weighted by atomic mass is 10.3. The van der Waals surface area contributed by atoms with Crippen molar-refractivity contribution in [2.24, 2.45) is 0 Å². The Labute approximate surface area is 118 Å². The molecule has 0 spiro atoms. The number of carboxylic acid groups (broad SMARTS) is 1. The first-order valence-electron chi connectivity index (χ1n) is 4.76. The number of urea groups is 1. The summed E-state index contributed by atoms with van der Waals surface area (Å²) in [7, 11) is 0. The van der Waals surface area contributed by atoms with Gasteiger partial charge in [0.25, 0.3) is 0 Å². The van der Waals surface area contributed by atoms with E-state index in [-0.39, 0.29) is 15.7 Å². The summed E-state index contributed by atoms with van der Waals surface area (Å²) < 4.78 is 0. The number of carboxylic acids is 1. The van der Waals surface area contributed by atoms with Gasteiger partial charge in [0.1, 0.15) is 6.04 Å². The number of carbonyl (C=O) groups excluding carboxylic acids is 1. The Kier molecular flexibility index (Phi) is 5.07. The third kappa shape index (κ3) is 3.94. The zero-order chi connectivity index (χ0) is 13.9. The van der Waals surface area contributed by atoms with Gasteiger partial charge < -0.3 is 15.7 Å². The van der Waals surface area contributed by atoms with E-state index < -0.39 is 18.0 Å². The monoisotopic (exact) mass is 310 g/mol. The van der Waals surface area contributed by atoms with Crippen LogP contribution in [0, 0.1) is 0 Å². The second-order valence-electron chi connectivity index (χ2n) is 3.40. The molecule has 0 aliphatic rings. The summed E-state index contributed by atoms with van der Waals surface area (Å²) in [4.78, 5) is 22.0. The molecule has 0 bridgehead atoms.